The van der Waals surface area contributed by atoms with Gasteiger partial charge < -0.3 is 14.8 Å². The topological polar surface area (TPSA) is 65.4 Å². The van der Waals surface area contributed by atoms with Crippen LogP contribution in [0.15, 0.2) is 65.7 Å². The van der Waals surface area contributed by atoms with Gasteiger partial charge in [0.15, 0.2) is 0 Å². The van der Waals surface area contributed by atoms with Crippen LogP contribution in [0.4, 0.5) is 11.4 Å². The Morgan fingerprint density at radius 1 is 0.933 bits per heavy atom. The van der Waals surface area contributed by atoms with E-state index in [2.05, 4.69) is 10.3 Å². The van der Waals surface area contributed by atoms with Gasteiger partial charge in [-0.05, 0) is 30.3 Å². The van der Waals surface area contributed by atoms with Gasteiger partial charge in [-0.1, -0.05) is 41.4 Å². The molecule has 1 N–H and O–H groups in total. The summed E-state index contributed by atoms with van der Waals surface area (Å²) in [4.78, 5) is 17.5. The number of methoxy groups -OCH3 is 2. The number of anilines is 2. The molecule has 0 aliphatic heterocycles. The smallest absolute Gasteiger partial charge is 0.265 e. The van der Waals surface area contributed by atoms with Gasteiger partial charge >= 0.3 is 0 Å². The molecule has 8 heteroatoms. The van der Waals surface area contributed by atoms with E-state index in [0.717, 1.165) is 5.69 Å². The summed E-state index contributed by atoms with van der Waals surface area (Å²) < 4.78 is 12.1. The molecule has 3 aromatic carbocycles. The SMILES string of the molecule is COc1cc(OC)c(Cl)c(Nc2ccc3ncn(-c4ccccc4)c(=O)c3c2)c1Cl. The van der Waals surface area contributed by atoms with E-state index in [9.17, 15) is 4.79 Å². The normalized spacial score (nSPS) is 10.8. The Hall–Kier alpha value is -3.22. The summed E-state index contributed by atoms with van der Waals surface area (Å²) in [5.41, 5.74) is 2.17. The number of nitrogens with one attached hydrogen (secondary N) is 1. The lowest BCUT2D eigenvalue weighted by Gasteiger charge is -2.16. The standard InChI is InChI=1S/C22H17Cl2N3O3/c1-29-17-11-18(30-2)20(24)21(19(17)23)26-13-8-9-16-15(10-13)22(28)27(12-25-16)14-6-4-3-5-7-14/h3-12,26H,1-2H3. The van der Waals surface area contributed by atoms with E-state index in [-0.39, 0.29) is 5.56 Å². The average molecular weight is 442 g/mol. The second-order valence-corrected chi connectivity index (χ2v) is 7.15. The maximum Gasteiger partial charge on any atom is 0.265 e. The highest BCUT2D eigenvalue weighted by Crippen LogP contribution is 2.45. The first kappa shape index (κ1) is 20.1. The Labute approximate surface area is 182 Å². The van der Waals surface area contributed by atoms with Crippen LogP contribution in [0.25, 0.3) is 16.6 Å². The van der Waals surface area contributed by atoms with E-state index < -0.39 is 0 Å². The molecule has 0 radical (unpaired) electrons. The minimum atomic E-state index is -0.185. The van der Waals surface area contributed by atoms with Crippen LogP contribution in [0.1, 0.15) is 0 Å². The lowest BCUT2D eigenvalue weighted by atomic mass is 10.2. The van der Waals surface area contributed by atoms with Gasteiger partial charge in [0.2, 0.25) is 0 Å². The van der Waals surface area contributed by atoms with Crippen molar-refractivity contribution in [3.8, 4) is 17.2 Å². The first-order valence-electron chi connectivity index (χ1n) is 8.97. The Balaban J connectivity index is 1.82. The van der Waals surface area contributed by atoms with E-state index in [1.54, 1.807) is 24.3 Å². The molecular weight excluding hydrogens is 425 g/mol. The first-order valence-corrected chi connectivity index (χ1v) is 9.73. The molecule has 152 valence electrons. The van der Waals surface area contributed by atoms with Crippen molar-refractivity contribution < 1.29 is 9.47 Å². The molecule has 6 nitrogen and oxygen atoms in total. The predicted octanol–water partition coefficient (Wildman–Crippen LogP) is 5.45. The molecule has 0 spiro atoms. The van der Waals surface area contributed by atoms with Crippen LogP contribution in [-0.4, -0.2) is 23.8 Å². The van der Waals surface area contributed by atoms with Crippen LogP contribution in [0.5, 0.6) is 11.5 Å². The fraction of sp³-hybridized carbons (Fsp3) is 0.0909. The quantitative estimate of drug-likeness (QED) is 0.445. The lowest BCUT2D eigenvalue weighted by molar-refractivity contribution is 0.395. The van der Waals surface area contributed by atoms with Gasteiger partial charge in [0, 0.05) is 11.8 Å². The van der Waals surface area contributed by atoms with Gasteiger partial charge in [-0.2, -0.15) is 0 Å². The second-order valence-electron chi connectivity index (χ2n) is 6.40. The molecule has 1 aromatic heterocycles. The predicted molar refractivity (Wildman–Crippen MR) is 120 cm³/mol. The monoisotopic (exact) mass is 441 g/mol. The molecule has 0 unspecified atom stereocenters. The largest absolute Gasteiger partial charge is 0.495 e. The number of halogens is 2. The van der Waals surface area contributed by atoms with Crippen molar-refractivity contribution in [3.05, 3.63) is 81.3 Å². The van der Waals surface area contributed by atoms with Crippen LogP contribution < -0.4 is 20.3 Å². The van der Waals surface area contributed by atoms with Gasteiger partial charge in [-0.15, -0.1) is 0 Å². The van der Waals surface area contributed by atoms with Gasteiger partial charge in [0.1, 0.15) is 27.9 Å². The summed E-state index contributed by atoms with van der Waals surface area (Å²) >= 11 is 12.9. The molecule has 4 rings (SSSR count). The number of hydrogen-bond acceptors (Lipinski definition) is 5. The average Bonchev–Trinajstić information content (AvgIpc) is 2.78. The van der Waals surface area contributed by atoms with Gasteiger partial charge in [0.05, 0.1) is 36.5 Å². The Kier molecular flexibility index (Phi) is 5.53. The van der Waals surface area contributed by atoms with Crippen molar-refractivity contribution in [1.82, 2.24) is 9.55 Å². The molecule has 4 aromatic rings. The number of rotatable bonds is 5. The number of ether oxygens (including phenoxy) is 2. The van der Waals surface area contributed by atoms with Crippen molar-refractivity contribution in [2.24, 2.45) is 0 Å². The zero-order valence-electron chi connectivity index (χ0n) is 16.1. The maximum atomic E-state index is 13.1. The molecule has 0 saturated heterocycles. The summed E-state index contributed by atoms with van der Waals surface area (Å²) in [7, 11) is 3.01. The third kappa shape index (κ3) is 3.56. The molecule has 0 aliphatic rings. The summed E-state index contributed by atoms with van der Waals surface area (Å²) in [6, 6.07) is 16.2. The van der Waals surface area contributed by atoms with Crippen LogP contribution in [-0.2, 0) is 0 Å². The van der Waals surface area contributed by atoms with E-state index in [1.807, 2.05) is 30.3 Å². The van der Waals surface area contributed by atoms with Crippen molar-refractivity contribution in [1.29, 1.82) is 0 Å². The van der Waals surface area contributed by atoms with Crippen molar-refractivity contribution in [3.63, 3.8) is 0 Å². The first-order chi connectivity index (χ1) is 14.5. The van der Waals surface area contributed by atoms with Crippen LogP contribution in [0, 0.1) is 0 Å². The van der Waals surface area contributed by atoms with Crippen molar-refractivity contribution in [2.75, 3.05) is 19.5 Å². The zero-order chi connectivity index (χ0) is 21.3. The third-order valence-electron chi connectivity index (χ3n) is 4.64. The fourth-order valence-corrected chi connectivity index (χ4v) is 3.71. The van der Waals surface area contributed by atoms with E-state index in [0.29, 0.717) is 43.8 Å². The molecule has 0 aliphatic carbocycles. The summed E-state index contributed by atoms with van der Waals surface area (Å²) in [6.45, 7) is 0. The summed E-state index contributed by atoms with van der Waals surface area (Å²) in [5.74, 6) is 0.823. The number of aromatic nitrogens is 2. The number of hydrogen-bond donors (Lipinski definition) is 1. The molecule has 0 bridgehead atoms. The third-order valence-corrected chi connectivity index (χ3v) is 5.39. The molecule has 0 fully saturated rings. The number of benzene rings is 3. The maximum absolute atomic E-state index is 13.1. The van der Waals surface area contributed by atoms with E-state index in [1.165, 1.54) is 25.1 Å². The summed E-state index contributed by atoms with van der Waals surface area (Å²) in [5, 5.41) is 4.23. The highest BCUT2D eigenvalue weighted by Gasteiger charge is 2.18. The Morgan fingerprint density at radius 2 is 1.60 bits per heavy atom. The molecular formula is C22H17Cl2N3O3. The molecule has 30 heavy (non-hydrogen) atoms. The minimum absolute atomic E-state index is 0.185. The Bertz CT molecular complexity index is 1260. The van der Waals surface area contributed by atoms with E-state index >= 15 is 0 Å². The van der Waals surface area contributed by atoms with E-state index in [4.69, 9.17) is 32.7 Å². The van der Waals surface area contributed by atoms with Crippen LogP contribution in [0.3, 0.4) is 0 Å². The highest BCUT2D eigenvalue weighted by atomic mass is 35.5. The Morgan fingerprint density at radius 3 is 2.23 bits per heavy atom. The van der Waals surface area contributed by atoms with Gasteiger partial charge in [-0.25, -0.2) is 4.98 Å². The van der Waals surface area contributed by atoms with Crippen LogP contribution in [0.2, 0.25) is 10.0 Å². The molecule has 0 saturated carbocycles. The van der Waals surface area contributed by atoms with Crippen molar-refractivity contribution >= 4 is 45.5 Å². The minimum Gasteiger partial charge on any atom is -0.495 e. The van der Waals surface area contributed by atoms with Crippen LogP contribution >= 0.6 is 23.2 Å². The van der Waals surface area contributed by atoms with Gasteiger partial charge in [0.25, 0.3) is 5.56 Å². The molecule has 0 amide bonds. The lowest BCUT2D eigenvalue weighted by Crippen LogP contribution is -2.18. The zero-order valence-corrected chi connectivity index (χ0v) is 17.7. The molecule has 1 heterocycles. The highest BCUT2D eigenvalue weighted by molar-refractivity contribution is 6.41. The number of fused-ring (bicyclic) bond motifs is 1. The number of nitrogens with zero attached hydrogens (tertiary/aromatic N) is 2. The number of para-hydroxylation sites is 1. The second kappa shape index (κ2) is 8.26. The molecule has 0 atom stereocenters. The van der Waals surface area contributed by atoms with Gasteiger partial charge in [-0.3, -0.25) is 9.36 Å². The fourth-order valence-electron chi connectivity index (χ4n) is 3.11. The summed E-state index contributed by atoms with van der Waals surface area (Å²) in [6.07, 6.45) is 1.52. The van der Waals surface area contributed by atoms with Crippen molar-refractivity contribution in [2.45, 2.75) is 0 Å².